The van der Waals surface area contributed by atoms with Crippen LogP contribution in [-0.4, -0.2) is 57.5 Å². The van der Waals surface area contributed by atoms with Crippen molar-refractivity contribution in [3.63, 3.8) is 0 Å². The van der Waals surface area contributed by atoms with Crippen LogP contribution in [0, 0.1) is 0 Å². The Morgan fingerprint density at radius 3 is 2.41 bits per heavy atom. The lowest BCUT2D eigenvalue weighted by molar-refractivity contribution is 0.0592. The van der Waals surface area contributed by atoms with Crippen LogP contribution in [0.15, 0.2) is 30.5 Å². The van der Waals surface area contributed by atoms with Gasteiger partial charge in [-0.3, -0.25) is 0 Å². The van der Waals surface area contributed by atoms with Crippen LogP contribution in [0.2, 0.25) is 5.02 Å². The lowest BCUT2D eigenvalue weighted by Crippen LogP contribution is -2.37. The first-order valence-electron chi connectivity index (χ1n) is 8.54. The van der Waals surface area contributed by atoms with Crippen molar-refractivity contribution in [3.8, 4) is 11.1 Å². The van der Waals surface area contributed by atoms with Gasteiger partial charge >= 0.3 is 5.97 Å². The van der Waals surface area contributed by atoms with E-state index in [2.05, 4.69) is 0 Å². The molecule has 2 aromatic rings. The fourth-order valence-electron chi connectivity index (χ4n) is 3.06. The average molecular weight is 413 g/mol. The molecule has 2 heterocycles. The SMILES string of the molecule is CCS(=O)(=O)n1cc(-c2ccc(Cl)cc2)c(N2CCOCC2)c1C(=O)OC. The monoisotopic (exact) mass is 412 g/mol. The largest absolute Gasteiger partial charge is 0.464 e. The van der Waals surface area contributed by atoms with Crippen LogP contribution < -0.4 is 4.90 Å². The van der Waals surface area contributed by atoms with Crippen LogP contribution in [0.1, 0.15) is 17.4 Å². The molecule has 146 valence electrons. The van der Waals surface area contributed by atoms with Crippen LogP contribution in [0.5, 0.6) is 0 Å². The van der Waals surface area contributed by atoms with Crippen molar-refractivity contribution in [3.05, 3.63) is 41.2 Å². The van der Waals surface area contributed by atoms with Crippen molar-refractivity contribution in [1.82, 2.24) is 3.97 Å². The fraction of sp³-hybridized carbons (Fsp3) is 0.389. The Morgan fingerprint density at radius 1 is 1.22 bits per heavy atom. The maximum atomic E-state index is 12.7. The molecular formula is C18H21ClN2O5S. The molecule has 0 bridgehead atoms. The molecule has 1 aromatic carbocycles. The zero-order valence-corrected chi connectivity index (χ0v) is 16.7. The first-order chi connectivity index (χ1) is 12.9. The number of ether oxygens (including phenoxy) is 2. The number of methoxy groups -OCH3 is 1. The number of morpholine rings is 1. The smallest absolute Gasteiger partial charge is 0.357 e. The molecule has 0 spiro atoms. The number of hydrogen-bond acceptors (Lipinski definition) is 6. The van der Waals surface area contributed by atoms with Crippen molar-refractivity contribution in [2.45, 2.75) is 6.92 Å². The Balaban J connectivity index is 2.30. The summed E-state index contributed by atoms with van der Waals surface area (Å²) in [5, 5.41) is 0.570. The second kappa shape index (κ2) is 7.92. The van der Waals surface area contributed by atoms with E-state index in [1.165, 1.54) is 20.2 Å². The number of rotatable bonds is 5. The zero-order valence-electron chi connectivity index (χ0n) is 15.1. The summed E-state index contributed by atoms with van der Waals surface area (Å²) in [5.41, 5.74) is 1.93. The van der Waals surface area contributed by atoms with E-state index in [9.17, 15) is 13.2 Å². The molecule has 1 fully saturated rings. The van der Waals surface area contributed by atoms with E-state index in [4.69, 9.17) is 21.1 Å². The third-order valence-corrected chi connectivity index (χ3v) is 6.34. The van der Waals surface area contributed by atoms with E-state index < -0.39 is 16.0 Å². The molecule has 1 aliphatic rings. The summed E-state index contributed by atoms with van der Waals surface area (Å²) in [4.78, 5) is 14.5. The van der Waals surface area contributed by atoms with Gasteiger partial charge in [-0.05, 0) is 24.6 Å². The summed E-state index contributed by atoms with van der Waals surface area (Å²) >= 11 is 5.99. The van der Waals surface area contributed by atoms with Crippen LogP contribution in [-0.2, 0) is 19.5 Å². The van der Waals surface area contributed by atoms with Crippen molar-refractivity contribution >= 4 is 33.3 Å². The van der Waals surface area contributed by atoms with Gasteiger partial charge in [0.25, 0.3) is 0 Å². The average Bonchev–Trinajstić information content (AvgIpc) is 3.10. The minimum atomic E-state index is -3.71. The topological polar surface area (TPSA) is 77.8 Å². The van der Waals surface area contributed by atoms with Crippen molar-refractivity contribution in [2.24, 2.45) is 0 Å². The van der Waals surface area contributed by atoms with Crippen LogP contribution in [0.3, 0.4) is 0 Å². The molecular weight excluding hydrogens is 392 g/mol. The summed E-state index contributed by atoms with van der Waals surface area (Å²) in [6.07, 6.45) is 1.49. The van der Waals surface area contributed by atoms with Gasteiger partial charge in [0.1, 0.15) is 0 Å². The van der Waals surface area contributed by atoms with E-state index in [0.717, 1.165) is 9.54 Å². The van der Waals surface area contributed by atoms with Gasteiger partial charge < -0.3 is 14.4 Å². The van der Waals surface area contributed by atoms with Gasteiger partial charge in [-0.1, -0.05) is 23.7 Å². The van der Waals surface area contributed by atoms with E-state index in [1.807, 2.05) is 4.90 Å². The Kier molecular flexibility index (Phi) is 5.78. The number of halogens is 1. The fourth-order valence-corrected chi connectivity index (χ4v) is 4.17. The van der Waals surface area contributed by atoms with Crippen LogP contribution in [0.25, 0.3) is 11.1 Å². The molecule has 1 saturated heterocycles. The number of esters is 1. The number of hydrogen-bond donors (Lipinski definition) is 0. The van der Waals surface area contributed by atoms with Crippen LogP contribution >= 0.6 is 11.6 Å². The quantitative estimate of drug-likeness (QED) is 0.702. The minimum absolute atomic E-state index is 0.00574. The maximum Gasteiger partial charge on any atom is 0.357 e. The summed E-state index contributed by atoms with van der Waals surface area (Å²) in [6, 6.07) is 7.05. The molecule has 7 nitrogen and oxygen atoms in total. The minimum Gasteiger partial charge on any atom is -0.464 e. The standard InChI is InChI=1S/C18H21ClN2O5S/c1-3-27(23,24)21-12-15(13-4-6-14(19)7-5-13)16(17(21)18(22)25-2)20-8-10-26-11-9-20/h4-7,12H,3,8-11H2,1-2H3. The molecule has 3 rings (SSSR count). The highest BCUT2D eigenvalue weighted by Crippen LogP contribution is 2.38. The zero-order chi connectivity index (χ0) is 19.6. The summed E-state index contributed by atoms with van der Waals surface area (Å²) in [7, 11) is -2.47. The molecule has 0 unspecified atom stereocenters. The molecule has 0 saturated carbocycles. The molecule has 0 aliphatic carbocycles. The van der Waals surface area contributed by atoms with Gasteiger partial charge in [-0.2, -0.15) is 0 Å². The van der Waals surface area contributed by atoms with Crippen molar-refractivity contribution in [1.29, 1.82) is 0 Å². The van der Waals surface area contributed by atoms with Gasteiger partial charge in [-0.15, -0.1) is 0 Å². The van der Waals surface area contributed by atoms with E-state index >= 15 is 0 Å². The summed E-state index contributed by atoms with van der Waals surface area (Å²) < 4.78 is 36.7. The van der Waals surface area contributed by atoms with Gasteiger partial charge in [0.15, 0.2) is 5.69 Å². The van der Waals surface area contributed by atoms with E-state index in [0.29, 0.717) is 42.6 Å². The van der Waals surface area contributed by atoms with Gasteiger partial charge in [0.2, 0.25) is 10.0 Å². The third kappa shape index (κ3) is 3.83. The highest BCUT2D eigenvalue weighted by Gasteiger charge is 2.32. The summed E-state index contributed by atoms with van der Waals surface area (Å²) in [5.74, 6) is -0.845. The first kappa shape index (κ1) is 19.7. The number of aromatic nitrogens is 1. The molecule has 0 amide bonds. The molecule has 9 heteroatoms. The maximum absolute atomic E-state index is 12.7. The van der Waals surface area contributed by atoms with Gasteiger partial charge in [0.05, 0.1) is 31.8 Å². The van der Waals surface area contributed by atoms with Gasteiger partial charge in [0, 0.05) is 29.9 Å². The highest BCUT2D eigenvalue weighted by molar-refractivity contribution is 7.89. The van der Waals surface area contributed by atoms with Crippen molar-refractivity contribution < 1.29 is 22.7 Å². The number of benzene rings is 1. The third-order valence-electron chi connectivity index (χ3n) is 4.47. The number of carbonyl (C=O) groups excluding carboxylic acids is 1. The second-order valence-electron chi connectivity index (χ2n) is 6.03. The van der Waals surface area contributed by atoms with Gasteiger partial charge in [-0.25, -0.2) is 17.2 Å². The number of anilines is 1. The Morgan fingerprint density at radius 2 is 1.85 bits per heavy atom. The lowest BCUT2D eigenvalue weighted by Gasteiger charge is -2.30. The highest BCUT2D eigenvalue weighted by atomic mass is 35.5. The predicted octanol–water partition coefficient (Wildman–Crippen LogP) is 2.63. The molecule has 0 radical (unpaired) electrons. The molecule has 1 aliphatic heterocycles. The lowest BCUT2D eigenvalue weighted by atomic mass is 10.1. The second-order valence-corrected chi connectivity index (χ2v) is 8.61. The molecule has 0 N–H and O–H groups in total. The van der Waals surface area contributed by atoms with Crippen LogP contribution in [0.4, 0.5) is 5.69 Å². The Hall–Kier alpha value is -2.03. The molecule has 1 aromatic heterocycles. The van der Waals surface area contributed by atoms with Crippen molar-refractivity contribution in [2.75, 3.05) is 44.1 Å². The number of nitrogens with zero attached hydrogens (tertiary/aromatic N) is 2. The van der Waals surface area contributed by atoms with E-state index in [-0.39, 0.29) is 11.4 Å². The molecule has 0 atom stereocenters. The molecule has 27 heavy (non-hydrogen) atoms. The van der Waals surface area contributed by atoms with E-state index in [1.54, 1.807) is 24.3 Å². The number of carbonyl (C=O) groups is 1. The Bertz CT molecular complexity index is 931. The summed E-state index contributed by atoms with van der Waals surface area (Å²) in [6.45, 7) is 3.60. The normalized spacial score (nSPS) is 15.0. The predicted molar refractivity (Wildman–Crippen MR) is 104 cm³/mol. The first-order valence-corrected chi connectivity index (χ1v) is 10.5. The Labute approximate surface area is 163 Å².